The van der Waals surface area contributed by atoms with Gasteiger partial charge in [-0.3, -0.25) is 0 Å². The lowest BCUT2D eigenvalue weighted by Gasteiger charge is -2.26. The van der Waals surface area contributed by atoms with E-state index in [1.807, 2.05) is 12.1 Å². The molecule has 0 fully saturated rings. The van der Waals surface area contributed by atoms with Crippen LogP contribution in [0.2, 0.25) is 0 Å². The highest BCUT2D eigenvalue weighted by Crippen LogP contribution is 2.44. The van der Waals surface area contributed by atoms with Crippen molar-refractivity contribution in [2.45, 2.75) is 0 Å². The Kier molecular flexibility index (Phi) is 7.17. The van der Waals surface area contributed by atoms with Crippen LogP contribution in [0.5, 0.6) is 0 Å². The molecule has 0 unspecified atom stereocenters. The largest absolute Gasteiger partial charge is 0.456 e. The minimum atomic E-state index is 0.880. The molecule has 0 spiro atoms. The molecule has 0 N–H and O–H groups in total. The molecule has 2 aromatic heterocycles. The lowest BCUT2D eigenvalue weighted by atomic mass is 9.97. The molecule has 0 amide bonds. The third kappa shape index (κ3) is 5.20. The Balaban J connectivity index is 1.15. The summed E-state index contributed by atoms with van der Waals surface area (Å²) in [4.78, 5) is 2.37. The molecule has 0 saturated heterocycles. The second-order valence-corrected chi connectivity index (χ2v) is 14.2. The number of benzene rings is 9. The van der Waals surface area contributed by atoms with E-state index in [-0.39, 0.29) is 0 Å². The van der Waals surface area contributed by atoms with Crippen LogP contribution in [0.15, 0.2) is 211 Å². The normalized spacial score (nSPS) is 11.6. The summed E-state index contributed by atoms with van der Waals surface area (Å²) in [7, 11) is 0. The zero-order valence-electron chi connectivity index (χ0n) is 29.9. The van der Waals surface area contributed by atoms with Gasteiger partial charge < -0.3 is 13.9 Å². The first-order valence-electron chi connectivity index (χ1n) is 18.8. The predicted octanol–water partition coefficient (Wildman–Crippen LogP) is 14.6. The highest BCUT2D eigenvalue weighted by molar-refractivity contribution is 6.17. The molecule has 0 aliphatic rings. The van der Waals surface area contributed by atoms with Gasteiger partial charge in [-0.2, -0.15) is 0 Å². The SMILES string of the molecule is c1ccc(-c2ccc(N(c3ccc4oc5ccccc5c4c3)c3ccc4c5c(-c6ccc7ccccc7c6)cccc5n(-c5ccccc5)c4c3)cc2)cc1. The topological polar surface area (TPSA) is 21.3 Å². The third-order valence-electron chi connectivity index (χ3n) is 11.0. The minimum Gasteiger partial charge on any atom is -0.456 e. The van der Waals surface area contributed by atoms with Crippen molar-refractivity contribution in [3.05, 3.63) is 206 Å². The monoisotopic (exact) mass is 702 g/mol. The molecule has 11 aromatic rings. The van der Waals surface area contributed by atoms with E-state index in [2.05, 4.69) is 204 Å². The summed E-state index contributed by atoms with van der Waals surface area (Å²) in [6.45, 7) is 0. The van der Waals surface area contributed by atoms with Gasteiger partial charge in [0.25, 0.3) is 0 Å². The fraction of sp³-hybridized carbons (Fsp3) is 0. The number of para-hydroxylation sites is 2. The van der Waals surface area contributed by atoms with E-state index in [1.165, 1.54) is 49.3 Å². The molecule has 0 radical (unpaired) electrons. The lowest BCUT2D eigenvalue weighted by molar-refractivity contribution is 0.669. The zero-order chi connectivity index (χ0) is 36.3. The standard InChI is InChI=1S/C52H34N2O/c1-3-12-35(13-4-1)37-24-26-41(27-25-37)53(42-29-31-51-47(33-42)45-18-9-10-21-50(45)55-51)43-28-30-46-49(34-43)54(40-16-5-2-6-17-40)48-20-11-19-44(52(46)48)39-23-22-36-14-7-8-15-38(36)32-39/h1-34H. The quantitative estimate of drug-likeness (QED) is 0.172. The van der Waals surface area contributed by atoms with Crippen molar-refractivity contribution in [3.63, 3.8) is 0 Å². The van der Waals surface area contributed by atoms with Gasteiger partial charge in [0.2, 0.25) is 0 Å². The van der Waals surface area contributed by atoms with Crippen LogP contribution in [0.25, 0.3) is 82.5 Å². The second kappa shape index (κ2) is 12.6. The van der Waals surface area contributed by atoms with Gasteiger partial charge in [0.1, 0.15) is 11.2 Å². The van der Waals surface area contributed by atoms with E-state index in [4.69, 9.17) is 4.42 Å². The van der Waals surface area contributed by atoms with Gasteiger partial charge in [-0.1, -0.05) is 133 Å². The van der Waals surface area contributed by atoms with Crippen LogP contribution >= 0.6 is 0 Å². The average molecular weight is 703 g/mol. The number of hydrogen-bond donors (Lipinski definition) is 0. The number of nitrogens with zero attached hydrogens (tertiary/aromatic N) is 2. The molecule has 0 saturated carbocycles. The molecule has 0 atom stereocenters. The van der Waals surface area contributed by atoms with Gasteiger partial charge in [0.15, 0.2) is 0 Å². The number of hydrogen-bond acceptors (Lipinski definition) is 2. The highest BCUT2D eigenvalue weighted by Gasteiger charge is 2.21. The Hall–Kier alpha value is -7.36. The summed E-state index contributed by atoms with van der Waals surface area (Å²) in [5.41, 5.74) is 13.2. The maximum absolute atomic E-state index is 6.27. The van der Waals surface area contributed by atoms with Gasteiger partial charge in [-0.15, -0.1) is 0 Å². The molecule has 0 bridgehead atoms. The van der Waals surface area contributed by atoms with Crippen molar-refractivity contribution in [2.24, 2.45) is 0 Å². The van der Waals surface area contributed by atoms with Gasteiger partial charge in [-0.25, -0.2) is 0 Å². The first kappa shape index (κ1) is 31.2. The van der Waals surface area contributed by atoms with Crippen molar-refractivity contribution in [1.29, 1.82) is 0 Å². The number of aromatic nitrogens is 1. The van der Waals surface area contributed by atoms with E-state index < -0.39 is 0 Å². The van der Waals surface area contributed by atoms with Crippen LogP contribution in [0.4, 0.5) is 17.1 Å². The summed E-state index contributed by atoms with van der Waals surface area (Å²) >= 11 is 0. The molecular formula is C52H34N2O. The predicted molar refractivity (Wildman–Crippen MR) is 231 cm³/mol. The molecular weight excluding hydrogens is 669 g/mol. The van der Waals surface area contributed by atoms with Crippen LogP contribution in [-0.2, 0) is 0 Å². The maximum Gasteiger partial charge on any atom is 0.135 e. The van der Waals surface area contributed by atoms with Gasteiger partial charge in [0.05, 0.1) is 11.0 Å². The maximum atomic E-state index is 6.27. The molecule has 3 heteroatoms. The molecule has 0 aliphatic heterocycles. The Morgan fingerprint density at radius 3 is 1.87 bits per heavy atom. The van der Waals surface area contributed by atoms with Gasteiger partial charge in [0, 0.05) is 44.3 Å². The van der Waals surface area contributed by atoms with Crippen LogP contribution in [-0.4, -0.2) is 4.57 Å². The van der Waals surface area contributed by atoms with Crippen LogP contribution in [0.3, 0.4) is 0 Å². The van der Waals surface area contributed by atoms with E-state index >= 15 is 0 Å². The first-order chi connectivity index (χ1) is 27.3. The first-order valence-corrected chi connectivity index (χ1v) is 18.8. The molecule has 2 heterocycles. The second-order valence-electron chi connectivity index (χ2n) is 14.2. The number of fused-ring (bicyclic) bond motifs is 7. The van der Waals surface area contributed by atoms with Gasteiger partial charge >= 0.3 is 0 Å². The Labute approximate surface area is 318 Å². The Bertz CT molecular complexity index is 3190. The van der Waals surface area contributed by atoms with Crippen molar-refractivity contribution >= 4 is 71.6 Å². The summed E-state index contributed by atoms with van der Waals surface area (Å²) in [5, 5.41) is 7.14. The van der Waals surface area contributed by atoms with Crippen molar-refractivity contribution < 1.29 is 4.42 Å². The van der Waals surface area contributed by atoms with E-state index in [1.54, 1.807) is 0 Å². The molecule has 3 nitrogen and oxygen atoms in total. The third-order valence-corrected chi connectivity index (χ3v) is 11.0. The average Bonchev–Trinajstić information content (AvgIpc) is 3.80. The summed E-state index contributed by atoms with van der Waals surface area (Å²) in [5.74, 6) is 0. The molecule has 0 aliphatic carbocycles. The lowest BCUT2D eigenvalue weighted by Crippen LogP contribution is -2.10. The smallest absolute Gasteiger partial charge is 0.135 e. The van der Waals surface area contributed by atoms with Gasteiger partial charge in [-0.05, 0) is 106 Å². The Morgan fingerprint density at radius 1 is 0.364 bits per heavy atom. The highest BCUT2D eigenvalue weighted by atomic mass is 16.3. The number of furan rings is 1. The van der Waals surface area contributed by atoms with E-state index in [0.717, 1.165) is 50.2 Å². The fourth-order valence-corrected chi connectivity index (χ4v) is 8.38. The van der Waals surface area contributed by atoms with E-state index in [9.17, 15) is 0 Å². The van der Waals surface area contributed by atoms with Crippen molar-refractivity contribution in [3.8, 4) is 27.9 Å². The van der Waals surface area contributed by atoms with Crippen LogP contribution in [0.1, 0.15) is 0 Å². The minimum absolute atomic E-state index is 0.880. The van der Waals surface area contributed by atoms with Crippen LogP contribution < -0.4 is 4.90 Å². The van der Waals surface area contributed by atoms with E-state index in [0.29, 0.717) is 0 Å². The molecule has 9 aromatic carbocycles. The fourth-order valence-electron chi connectivity index (χ4n) is 8.38. The summed E-state index contributed by atoms with van der Waals surface area (Å²) in [6, 6.07) is 74.1. The summed E-state index contributed by atoms with van der Waals surface area (Å²) in [6.07, 6.45) is 0. The van der Waals surface area contributed by atoms with Crippen molar-refractivity contribution in [2.75, 3.05) is 4.90 Å². The van der Waals surface area contributed by atoms with Crippen LogP contribution in [0, 0.1) is 0 Å². The number of rotatable bonds is 6. The molecule has 11 rings (SSSR count). The molecule has 258 valence electrons. The number of anilines is 3. The van der Waals surface area contributed by atoms with Crippen molar-refractivity contribution in [1.82, 2.24) is 4.57 Å². The zero-order valence-corrected chi connectivity index (χ0v) is 29.9. The summed E-state index contributed by atoms with van der Waals surface area (Å²) < 4.78 is 8.69. The Morgan fingerprint density at radius 2 is 1.02 bits per heavy atom. The molecule has 55 heavy (non-hydrogen) atoms.